The fraction of sp³-hybridized carbons (Fsp3) is 0.719. The fourth-order valence-electron chi connectivity index (χ4n) is 12.5. The van der Waals surface area contributed by atoms with Crippen LogP contribution in [0.4, 0.5) is 0 Å². The van der Waals surface area contributed by atoms with Gasteiger partial charge in [-0.05, 0) is 116 Å². The molecule has 9 heteroatoms. The molecule has 0 bridgehead atoms. The number of unbranched alkanes of at least 4 members (excludes halogenated alkanes) is 42. The van der Waals surface area contributed by atoms with Gasteiger partial charge in [-0.3, -0.25) is 9.59 Å². The quantitative estimate of drug-likeness (QED) is 0.0195. The van der Waals surface area contributed by atoms with E-state index in [9.17, 15) is 19.5 Å². The first-order chi connectivity index (χ1) is 51.6. The van der Waals surface area contributed by atoms with Crippen molar-refractivity contribution in [1.82, 2.24) is 0 Å². The van der Waals surface area contributed by atoms with Crippen LogP contribution >= 0.6 is 0 Å². The molecule has 0 heterocycles. The van der Waals surface area contributed by atoms with E-state index in [1.54, 1.807) is 0 Å². The Morgan fingerprint density at radius 3 is 0.762 bits per heavy atom. The summed E-state index contributed by atoms with van der Waals surface area (Å²) in [7, 11) is 5.95. The number of carbonyl (C=O) groups excluding carboxylic acids is 3. The van der Waals surface area contributed by atoms with Crippen molar-refractivity contribution in [1.29, 1.82) is 0 Å². The Morgan fingerprint density at radius 2 is 0.514 bits per heavy atom. The molecule has 0 aromatic carbocycles. The van der Waals surface area contributed by atoms with Crippen LogP contribution in [0.15, 0.2) is 146 Å². The molecule has 0 saturated heterocycles. The highest BCUT2D eigenvalue weighted by atomic mass is 16.7. The lowest BCUT2D eigenvalue weighted by Gasteiger charge is -2.26. The third kappa shape index (κ3) is 86.3. The second kappa shape index (κ2) is 84.8. The van der Waals surface area contributed by atoms with E-state index in [0.717, 1.165) is 116 Å². The molecule has 0 spiro atoms. The summed E-state index contributed by atoms with van der Waals surface area (Å²) in [6, 6.07) is 0. The van der Waals surface area contributed by atoms with Crippen molar-refractivity contribution >= 4 is 17.9 Å². The normalized spacial score (nSPS) is 13.3. The van der Waals surface area contributed by atoms with Crippen LogP contribution in [0.1, 0.15) is 386 Å². The largest absolute Gasteiger partial charge is 0.545 e. The lowest BCUT2D eigenvalue weighted by Crippen LogP contribution is -2.44. The standard InChI is InChI=1S/C96H165NO8/c1-6-8-10-12-14-16-18-20-22-24-26-28-30-32-34-36-38-40-42-44-46-47-49-51-53-55-57-59-61-63-65-67-69-71-73-75-77-79-81-83-85-87-94(99)105-92(91-104-96(95(100)101)102-89-88-97(3,4)5)90-103-93(98)86-84-82-80-78-76-74-72-70-68-66-64-62-60-58-56-54-52-50-48-45-43-41-39-37-35-33-31-29-27-25-23-21-19-17-15-13-11-9-7-2/h8-11,14-17,20-23,26-29,32,34,38,40,44,46,49,51,92,96H,6-7,12-13,18-19,24-25,30-31,33,35-37,39,41-43,45,47-48,50,52-91H2,1-5H3/b10-8-,11-9-,16-14-,17-15-,22-20-,23-21-,28-26-,29-27-,34-32-,40-38-,46-44-,51-49-. The Morgan fingerprint density at radius 1 is 0.286 bits per heavy atom. The van der Waals surface area contributed by atoms with Gasteiger partial charge in [-0.25, -0.2) is 0 Å². The molecule has 2 unspecified atom stereocenters. The van der Waals surface area contributed by atoms with Gasteiger partial charge in [-0.2, -0.15) is 0 Å². The second-order valence-electron chi connectivity index (χ2n) is 30.4. The first-order valence-corrected chi connectivity index (χ1v) is 44.0. The van der Waals surface area contributed by atoms with E-state index in [0.29, 0.717) is 23.9 Å². The number of quaternary nitrogens is 1. The van der Waals surface area contributed by atoms with Crippen LogP contribution < -0.4 is 5.11 Å². The number of hydrogen-bond acceptors (Lipinski definition) is 8. The number of carbonyl (C=O) groups is 3. The van der Waals surface area contributed by atoms with Gasteiger partial charge in [0.05, 0.1) is 40.3 Å². The minimum atomic E-state index is -1.63. The van der Waals surface area contributed by atoms with Gasteiger partial charge in [0.2, 0.25) is 0 Å². The van der Waals surface area contributed by atoms with Crippen molar-refractivity contribution in [3.63, 3.8) is 0 Å². The lowest BCUT2D eigenvalue weighted by molar-refractivity contribution is -0.870. The molecule has 2 atom stereocenters. The number of carboxylic acid groups (broad SMARTS) is 1. The van der Waals surface area contributed by atoms with Crippen molar-refractivity contribution in [3.05, 3.63) is 146 Å². The van der Waals surface area contributed by atoms with Crippen molar-refractivity contribution < 1.29 is 42.9 Å². The summed E-state index contributed by atoms with van der Waals surface area (Å²) < 4.78 is 22.9. The van der Waals surface area contributed by atoms with Gasteiger partial charge in [-0.1, -0.05) is 404 Å². The molecule has 0 amide bonds. The van der Waals surface area contributed by atoms with Crippen molar-refractivity contribution in [2.24, 2.45) is 0 Å². The molecular formula is C96H165NO8. The van der Waals surface area contributed by atoms with Gasteiger partial charge in [0, 0.05) is 12.8 Å². The second-order valence-corrected chi connectivity index (χ2v) is 30.4. The number of allylic oxidation sites excluding steroid dienone is 24. The summed E-state index contributed by atoms with van der Waals surface area (Å²) in [6.07, 6.45) is 121. The van der Waals surface area contributed by atoms with Crippen LogP contribution in [-0.2, 0) is 33.3 Å². The molecule has 0 aliphatic rings. The van der Waals surface area contributed by atoms with E-state index in [2.05, 4.69) is 160 Å². The SMILES string of the molecule is CC/C=C\C/C=C\C/C=C\C/C=C\C/C=C\C/C=C\C/C=C\C/C=C\CCCCCCCCCCCCCCCCCCC(=O)OC(COC(=O)CCCCCCCCCCCCCCCCCCCCCCCCCCCC/C=C\C/C=C\C/C=C\C/C=C\CC)COC(OCC[N+](C)(C)C)C(=O)[O-]. The molecule has 0 fully saturated rings. The summed E-state index contributed by atoms with van der Waals surface area (Å²) in [5.74, 6) is -2.26. The average Bonchev–Trinajstić information content (AvgIpc) is 1.18. The Labute approximate surface area is 649 Å². The molecular weight excluding hydrogens is 1300 g/mol. The van der Waals surface area contributed by atoms with Gasteiger partial charge in [0.25, 0.3) is 0 Å². The molecule has 0 saturated carbocycles. The van der Waals surface area contributed by atoms with E-state index in [1.807, 2.05) is 21.1 Å². The van der Waals surface area contributed by atoms with Gasteiger partial charge >= 0.3 is 11.9 Å². The molecule has 602 valence electrons. The highest BCUT2D eigenvalue weighted by Gasteiger charge is 2.22. The molecule has 0 aromatic rings. The van der Waals surface area contributed by atoms with Gasteiger partial charge in [-0.15, -0.1) is 0 Å². The molecule has 105 heavy (non-hydrogen) atoms. The monoisotopic (exact) mass is 1460 g/mol. The number of ether oxygens (including phenoxy) is 4. The summed E-state index contributed by atoms with van der Waals surface area (Å²) in [6.45, 7) is 4.56. The summed E-state index contributed by atoms with van der Waals surface area (Å²) >= 11 is 0. The summed E-state index contributed by atoms with van der Waals surface area (Å²) in [5, 5.41) is 11.9. The first-order valence-electron chi connectivity index (χ1n) is 44.0. The zero-order valence-electron chi connectivity index (χ0n) is 69.1. The van der Waals surface area contributed by atoms with E-state index < -0.39 is 24.3 Å². The van der Waals surface area contributed by atoms with Gasteiger partial charge in [0.1, 0.15) is 13.2 Å². The number of rotatable bonds is 81. The highest BCUT2D eigenvalue weighted by molar-refractivity contribution is 5.70. The lowest BCUT2D eigenvalue weighted by atomic mass is 10.0. The van der Waals surface area contributed by atoms with Crippen molar-refractivity contribution in [3.8, 4) is 0 Å². The summed E-state index contributed by atoms with van der Waals surface area (Å²) in [4.78, 5) is 37.7. The predicted molar refractivity (Wildman–Crippen MR) is 453 cm³/mol. The maximum Gasteiger partial charge on any atom is 0.306 e. The number of hydrogen-bond donors (Lipinski definition) is 0. The number of nitrogens with zero attached hydrogens (tertiary/aromatic N) is 1. The molecule has 0 aromatic heterocycles. The fourth-order valence-corrected chi connectivity index (χ4v) is 12.5. The summed E-state index contributed by atoms with van der Waals surface area (Å²) in [5.41, 5.74) is 0. The van der Waals surface area contributed by atoms with E-state index >= 15 is 0 Å². The van der Waals surface area contributed by atoms with Gasteiger partial charge in [0.15, 0.2) is 12.4 Å². The first kappa shape index (κ1) is 100. The maximum atomic E-state index is 13.0. The molecule has 0 aliphatic carbocycles. The Hall–Kier alpha value is -4.83. The zero-order chi connectivity index (χ0) is 76.0. The van der Waals surface area contributed by atoms with Crippen molar-refractivity contribution in [2.45, 2.75) is 399 Å². The molecule has 0 rings (SSSR count). The number of aliphatic carboxylic acids is 1. The topological polar surface area (TPSA) is 111 Å². The van der Waals surface area contributed by atoms with Crippen LogP contribution in [0.2, 0.25) is 0 Å². The number of carboxylic acids is 1. The number of esters is 2. The average molecular weight is 1460 g/mol. The Kier molecular flexibility index (Phi) is 80.9. The molecule has 0 radical (unpaired) electrons. The molecule has 9 nitrogen and oxygen atoms in total. The predicted octanol–water partition coefficient (Wildman–Crippen LogP) is 27.6. The van der Waals surface area contributed by atoms with Crippen LogP contribution in [0, 0.1) is 0 Å². The zero-order valence-corrected chi connectivity index (χ0v) is 69.1. The van der Waals surface area contributed by atoms with Crippen LogP contribution in [-0.4, -0.2) is 82.3 Å². The third-order valence-corrected chi connectivity index (χ3v) is 19.1. The molecule has 0 aliphatic heterocycles. The Balaban J connectivity index is 3.97. The maximum absolute atomic E-state index is 13.0. The van der Waals surface area contributed by atoms with E-state index in [-0.39, 0.29) is 32.2 Å². The van der Waals surface area contributed by atoms with Crippen LogP contribution in [0.5, 0.6) is 0 Å². The Bertz CT molecular complexity index is 2250. The number of likely N-dealkylation sites (N-methyl/N-ethyl adjacent to an activating group) is 1. The van der Waals surface area contributed by atoms with E-state index in [1.165, 1.54) is 238 Å². The third-order valence-electron chi connectivity index (χ3n) is 19.1. The van der Waals surface area contributed by atoms with Crippen molar-refractivity contribution in [2.75, 3.05) is 47.5 Å². The van der Waals surface area contributed by atoms with Gasteiger partial charge < -0.3 is 33.3 Å². The smallest absolute Gasteiger partial charge is 0.306 e. The molecule has 0 N–H and O–H groups in total. The van der Waals surface area contributed by atoms with Crippen LogP contribution in [0.3, 0.4) is 0 Å². The minimum Gasteiger partial charge on any atom is -0.545 e. The minimum absolute atomic E-state index is 0.146. The van der Waals surface area contributed by atoms with Crippen LogP contribution in [0.25, 0.3) is 0 Å². The highest BCUT2D eigenvalue weighted by Crippen LogP contribution is 2.19. The van der Waals surface area contributed by atoms with E-state index in [4.69, 9.17) is 18.9 Å².